The molecule has 2 saturated heterocycles. The fourth-order valence-electron chi connectivity index (χ4n) is 4.47. The molecule has 0 bridgehead atoms. The smallest absolute Gasteiger partial charge is 0.253 e. The maximum atomic E-state index is 13.0. The normalized spacial score (nSPS) is 19.4. The van der Waals surface area contributed by atoms with Crippen molar-refractivity contribution in [2.45, 2.75) is 46.7 Å². The van der Waals surface area contributed by atoms with E-state index < -0.39 is 0 Å². The number of piperazine rings is 1. The van der Waals surface area contributed by atoms with Gasteiger partial charge in [-0.1, -0.05) is 20.8 Å². The predicted octanol–water partition coefficient (Wildman–Crippen LogP) is 2.97. The van der Waals surface area contributed by atoms with Crippen LogP contribution in [-0.4, -0.2) is 64.5 Å². The zero-order chi connectivity index (χ0) is 20.4. The van der Waals surface area contributed by atoms with Crippen LogP contribution in [0.1, 0.15) is 49.8 Å². The zero-order valence-electron chi connectivity index (χ0n) is 18.2. The van der Waals surface area contributed by atoms with Crippen molar-refractivity contribution >= 4 is 16.9 Å². The third-order valence-corrected chi connectivity index (χ3v) is 6.27. The highest BCUT2D eigenvalue weighted by atomic mass is 16.2. The molecule has 158 valence electrons. The highest BCUT2D eigenvalue weighted by Crippen LogP contribution is 2.23. The van der Waals surface area contributed by atoms with E-state index in [2.05, 4.69) is 41.6 Å². The number of hydrogen-bond donors (Lipinski definition) is 1. The molecule has 0 atom stereocenters. The Morgan fingerprint density at radius 3 is 2.59 bits per heavy atom. The van der Waals surface area contributed by atoms with Gasteiger partial charge in [-0.3, -0.25) is 9.69 Å². The van der Waals surface area contributed by atoms with Gasteiger partial charge in [-0.15, -0.1) is 0 Å². The molecule has 3 heterocycles. The largest absolute Gasteiger partial charge is 0.339 e. The molecule has 0 spiro atoms. The van der Waals surface area contributed by atoms with Gasteiger partial charge in [0.15, 0.2) is 0 Å². The Hall–Kier alpha value is -1.92. The van der Waals surface area contributed by atoms with Crippen LogP contribution in [0.25, 0.3) is 11.0 Å². The molecule has 0 saturated carbocycles. The number of hydrogen-bond acceptors (Lipinski definition) is 4. The third kappa shape index (κ3) is 4.64. The summed E-state index contributed by atoms with van der Waals surface area (Å²) in [6.07, 6.45) is 2.21. The van der Waals surface area contributed by atoms with Crippen molar-refractivity contribution in [3.63, 3.8) is 0 Å². The molecule has 0 aliphatic carbocycles. The molecule has 0 unspecified atom stereocenters. The highest BCUT2D eigenvalue weighted by molar-refractivity contribution is 5.97. The minimum absolute atomic E-state index is 0.154. The van der Waals surface area contributed by atoms with Crippen LogP contribution in [0.2, 0.25) is 0 Å². The van der Waals surface area contributed by atoms with Crippen LogP contribution in [0.3, 0.4) is 0 Å². The van der Waals surface area contributed by atoms with Crippen molar-refractivity contribution < 1.29 is 4.79 Å². The van der Waals surface area contributed by atoms with E-state index in [0.717, 1.165) is 93.5 Å². The molecule has 1 aromatic carbocycles. The van der Waals surface area contributed by atoms with E-state index in [0.29, 0.717) is 5.92 Å². The summed E-state index contributed by atoms with van der Waals surface area (Å²) in [6, 6.07) is 6.11. The van der Waals surface area contributed by atoms with E-state index in [1.807, 2.05) is 17.0 Å². The lowest BCUT2D eigenvalue weighted by atomic mass is 9.98. The third-order valence-electron chi connectivity index (χ3n) is 6.27. The molecule has 0 radical (unpaired) electrons. The first kappa shape index (κ1) is 20.4. The average Bonchev–Trinajstić information content (AvgIpc) is 3.04. The maximum Gasteiger partial charge on any atom is 0.253 e. The topological polar surface area (TPSA) is 53.4 Å². The van der Waals surface area contributed by atoms with Gasteiger partial charge >= 0.3 is 0 Å². The fraction of sp³-hybridized carbons (Fsp3) is 0.652. The predicted molar refractivity (Wildman–Crippen MR) is 117 cm³/mol. The molecule has 4 rings (SSSR count). The van der Waals surface area contributed by atoms with Crippen LogP contribution in [0.15, 0.2) is 18.2 Å². The quantitative estimate of drug-likeness (QED) is 0.843. The van der Waals surface area contributed by atoms with E-state index in [-0.39, 0.29) is 5.91 Å². The summed E-state index contributed by atoms with van der Waals surface area (Å²) in [5.41, 5.74) is 2.87. The molecule has 2 aliphatic rings. The number of piperidine rings is 1. The molecular formula is C23H35N5O. The Morgan fingerprint density at radius 2 is 1.90 bits per heavy atom. The van der Waals surface area contributed by atoms with Gasteiger partial charge in [0.2, 0.25) is 0 Å². The molecule has 2 aliphatic heterocycles. The number of amides is 1. The van der Waals surface area contributed by atoms with Crippen molar-refractivity contribution in [3.8, 4) is 0 Å². The fourth-order valence-corrected chi connectivity index (χ4v) is 4.47. The van der Waals surface area contributed by atoms with Gasteiger partial charge < -0.3 is 14.8 Å². The summed E-state index contributed by atoms with van der Waals surface area (Å²) in [5, 5.41) is 3.42. The molecule has 1 N–H and O–H groups in total. The Morgan fingerprint density at radius 1 is 1.17 bits per heavy atom. The zero-order valence-corrected chi connectivity index (χ0v) is 18.2. The van der Waals surface area contributed by atoms with Crippen LogP contribution in [-0.2, 0) is 13.1 Å². The van der Waals surface area contributed by atoms with Crippen LogP contribution >= 0.6 is 0 Å². The molecule has 2 aromatic rings. The summed E-state index contributed by atoms with van der Waals surface area (Å²) in [7, 11) is 0. The first-order chi connectivity index (χ1) is 14.0. The lowest BCUT2D eigenvalue weighted by molar-refractivity contribution is 0.0697. The van der Waals surface area contributed by atoms with E-state index in [4.69, 9.17) is 4.98 Å². The van der Waals surface area contributed by atoms with Crippen molar-refractivity contribution in [3.05, 3.63) is 29.6 Å². The van der Waals surface area contributed by atoms with Gasteiger partial charge in [-0.05, 0) is 42.9 Å². The number of likely N-dealkylation sites (tertiary alicyclic amines) is 1. The van der Waals surface area contributed by atoms with E-state index in [9.17, 15) is 4.79 Å². The molecule has 6 heteroatoms. The van der Waals surface area contributed by atoms with E-state index in [1.165, 1.54) is 0 Å². The minimum Gasteiger partial charge on any atom is -0.339 e. The summed E-state index contributed by atoms with van der Waals surface area (Å²) in [5.74, 6) is 2.54. The van der Waals surface area contributed by atoms with Crippen LogP contribution in [0.5, 0.6) is 0 Å². The van der Waals surface area contributed by atoms with Crippen LogP contribution in [0, 0.1) is 11.8 Å². The van der Waals surface area contributed by atoms with Gasteiger partial charge in [-0.2, -0.15) is 0 Å². The Labute approximate surface area is 174 Å². The van der Waals surface area contributed by atoms with Crippen LogP contribution in [0.4, 0.5) is 0 Å². The second-order valence-corrected chi connectivity index (χ2v) is 9.24. The number of aromatic nitrogens is 2. The Bertz CT molecular complexity index is 844. The lowest BCUT2D eigenvalue weighted by Gasteiger charge is -2.30. The summed E-state index contributed by atoms with van der Waals surface area (Å²) >= 11 is 0. The molecule has 1 aromatic heterocycles. The minimum atomic E-state index is 0.154. The van der Waals surface area contributed by atoms with Gasteiger partial charge in [0.25, 0.3) is 5.91 Å². The number of benzene rings is 1. The number of carbonyl (C=O) groups excluding carboxylic acids is 1. The summed E-state index contributed by atoms with van der Waals surface area (Å²) < 4.78 is 2.36. The van der Waals surface area contributed by atoms with E-state index >= 15 is 0 Å². The summed E-state index contributed by atoms with van der Waals surface area (Å²) in [4.78, 5) is 22.5. The average molecular weight is 398 g/mol. The molecule has 1 amide bonds. The van der Waals surface area contributed by atoms with Gasteiger partial charge in [0.05, 0.1) is 17.6 Å². The number of rotatable bonds is 5. The number of imidazole rings is 1. The summed E-state index contributed by atoms with van der Waals surface area (Å²) in [6.45, 7) is 14.5. The van der Waals surface area contributed by atoms with Crippen LogP contribution < -0.4 is 5.32 Å². The van der Waals surface area contributed by atoms with Crippen molar-refractivity contribution in [1.82, 2.24) is 24.7 Å². The number of nitrogens with zero attached hydrogens (tertiary/aromatic N) is 4. The first-order valence-corrected chi connectivity index (χ1v) is 11.2. The lowest BCUT2D eigenvalue weighted by Crippen LogP contribution is -2.43. The molecule has 6 nitrogen and oxygen atoms in total. The van der Waals surface area contributed by atoms with Crippen molar-refractivity contribution in [2.75, 3.05) is 39.3 Å². The molecule has 2 fully saturated rings. The first-order valence-electron chi connectivity index (χ1n) is 11.2. The van der Waals surface area contributed by atoms with Crippen molar-refractivity contribution in [1.29, 1.82) is 0 Å². The monoisotopic (exact) mass is 397 g/mol. The maximum absolute atomic E-state index is 13.0. The van der Waals surface area contributed by atoms with Crippen molar-refractivity contribution in [2.24, 2.45) is 11.8 Å². The Balaban J connectivity index is 1.60. The number of fused-ring (bicyclic) bond motifs is 1. The van der Waals surface area contributed by atoms with Gasteiger partial charge in [0, 0.05) is 51.4 Å². The van der Waals surface area contributed by atoms with E-state index in [1.54, 1.807) is 0 Å². The number of nitrogens with one attached hydrogen (secondary N) is 1. The molecule has 29 heavy (non-hydrogen) atoms. The second kappa shape index (κ2) is 8.84. The second-order valence-electron chi connectivity index (χ2n) is 9.24. The standard InChI is InChI=1S/C23H35N5O/c1-17(2)15-28-21-5-4-19(23(29)27-10-6-18(3)7-11-27)14-20(21)25-22(28)16-26-12-8-24-9-13-26/h4-5,14,17-18,24H,6-13,15-16H2,1-3H3. The molecular weight excluding hydrogens is 362 g/mol. The van der Waals surface area contributed by atoms with Gasteiger partial charge in [0.1, 0.15) is 5.82 Å². The van der Waals surface area contributed by atoms with Gasteiger partial charge in [-0.25, -0.2) is 4.98 Å². The highest BCUT2D eigenvalue weighted by Gasteiger charge is 2.23. The Kier molecular flexibility index (Phi) is 6.20. The number of carbonyl (C=O) groups is 1. The SMILES string of the molecule is CC(C)Cn1c(CN2CCNCC2)nc2cc(C(=O)N3CCC(C)CC3)ccc21.